The highest BCUT2D eigenvalue weighted by atomic mass is 19.4. The van der Waals surface area contributed by atoms with Crippen LogP contribution in [0.3, 0.4) is 0 Å². The van der Waals surface area contributed by atoms with Crippen molar-refractivity contribution >= 4 is 17.6 Å². The number of anilines is 1. The van der Waals surface area contributed by atoms with E-state index in [-0.39, 0.29) is 29.2 Å². The zero-order valence-corrected chi connectivity index (χ0v) is 14.9. The second kappa shape index (κ2) is 6.79. The third-order valence-electron chi connectivity index (χ3n) is 4.43. The molecular formula is C19H12F3N3O5. The Hall–Kier alpha value is -4.02. The molecule has 11 heteroatoms. The third kappa shape index (κ3) is 3.19. The number of imide groups is 1. The van der Waals surface area contributed by atoms with Crippen molar-refractivity contribution in [1.82, 2.24) is 9.88 Å². The fraction of sp³-hybridized carbons (Fsp3) is 0.105. The molecule has 0 spiro atoms. The van der Waals surface area contributed by atoms with Crippen LogP contribution in [0, 0.1) is 0 Å². The van der Waals surface area contributed by atoms with Gasteiger partial charge in [0.2, 0.25) is 0 Å². The molecule has 0 fully saturated rings. The summed E-state index contributed by atoms with van der Waals surface area (Å²) in [4.78, 5) is 36.5. The summed E-state index contributed by atoms with van der Waals surface area (Å²) in [5.41, 5.74) is 3.09. The van der Waals surface area contributed by atoms with Gasteiger partial charge in [0, 0.05) is 6.07 Å². The van der Waals surface area contributed by atoms with Crippen molar-refractivity contribution in [3.63, 3.8) is 0 Å². The molecule has 1 aliphatic heterocycles. The number of aromatic nitrogens is 1. The lowest BCUT2D eigenvalue weighted by atomic mass is 10.1. The van der Waals surface area contributed by atoms with Gasteiger partial charge < -0.3 is 14.9 Å². The van der Waals surface area contributed by atoms with E-state index < -0.39 is 34.9 Å². The Kier molecular flexibility index (Phi) is 4.37. The van der Waals surface area contributed by atoms with Crippen LogP contribution < -0.4 is 21.3 Å². The zero-order chi connectivity index (χ0) is 21.6. The van der Waals surface area contributed by atoms with Crippen molar-refractivity contribution in [2.75, 3.05) is 5.73 Å². The topological polar surface area (TPSA) is 117 Å². The molecular weight excluding hydrogens is 407 g/mol. The van der Waals surface area contributed by atoms with E-state index in [1.807, 2.05) is 5.32 Å². The number of fused-ring (bicyclic) bond motifs is 1. The van der Waals surface area contributed by atoms with Crippen LogP contribution in [0.5, 0.6) is 5.75 Å². The lowest BCUT2D eigenvalue weighted by molar-refractivity contribution is -0.137. The summed E-state index contributed by atoms with van der Waals surface area (Å²) in [5, 5.41) is 1.99. The van der Waals surface area contributed by atoms with Gasteiger partial charge in [-0.25, -0.2) is 0 Å². The number of amides is 2. The van der Waals surface area contributed by atoms with Crippen molar-refractivity contribution < 1.29 is 31.9 Å². The van der Waals surface area contributed by atoms with Gasteiger partial charge in [-0.1, -0.05) is 0 Å². The average Bonchev–Trinajstić information content (AvgIpc) is 3.28. The van der Waals surface area contributed by atoms with Crippen molar-refractivity contribution in [1.29, 1.82) is 0 Å². The number of carbonyl (C=O) groups is 2. The van der Waals surface area contributed by atoms with Gasteiger partial charge in [0.25, 0.3) is 17.4 Å². The van der Waals surface area contributed by atoms with Gasteiger partial charge in [-0.3, -0.25) is 24.3 Å². The Morgan fingerprint density at radius 1 is 1.10 bits per heavy atom. The number of carbonyl (C=O) groups excluding carboxylic acids is 2. The molecule has 2 aromatic heterocycles. The molecule has 30 heavy (non-hydrogen) atoms. The fourth-order valence-electron chi connectivity index (χ4n) is 3.06. The maximum atomic E-state index is 13.3. The van der Waals surface area contributed by atoms with E-state index in [0.717, 1.165) is 18.2 Å². The van der Waals surface area contributed by atoms with E-state index in [1.54, 1.807) is 12.1 Å². The molecule has 8 nitrogen and oxygen atoms in total. The Labute approximate surface area is 165 Å². The van der Waals surface area contributed by atoms with Crippen LogP contribution in [0.1, 0.15) is 32.0 Å². The molecule has 0 bridgehead atoms. The number of furan rings is 1. The summed E-state index contributed by atoms with van der Waals surface area (Å²) >= 11 is 0. The molecule has 0 atom stereocenters. The molecule has 3 heterocycles. The van der Waals surface area contributed by atoms with E-state index in [1.165, 1.54) is 6.26 Å². The zero-order valence-electron chi connectivity index (χ0n) is 14.9. The summed E-state index contributed by atoms with van der Waals surface area (Å²) in [6, 6.07) is 6.52. The predicted octanol–water partition coefficient (Wildman–Crippen LogP) is 2.49. The smallest absolute Gasteiger partial charge is 0.416 e. The first-order valence-electron chi connectivity index (χ1n) is 8.45. The molecule has 1 aliphatic rings. The van der Waals surface area contributed by atoms with E-state index in [0.29, 0.717) is 16.4 Å². The van der Waals surface area contributed by atoms with Crippen LogP contribution in [-0.2, 0) is 12.8 Å². The van der Waals surface area contributed by atoms with E-state index in [2.05, 4.69) is 0 Å². The SMILES string of the molecule is Nc1c2c(cc(=O)n1-c1cc(C(F)(F)F)ccc1OCc1ccco1)C(=O)NC2=O. The molecule has 0 unspecified atom stereocenters. The highest BCUT2D eigenvalue weighted by Crippen LogP contribution is 2.35. The van der Waals surface area contributed by atoms with Gasteiger partial charge in [-0.15, -0.1) is 0 Å². The Morgan fingerprint density at radius 2 is 1.87 bits per heavy atom. The minimum absolute atomic E-state index is 0.113. The largest absolute Gasteiger partial charge is 0.483 e. The lowest BCUT2D eigenvalue weighted by Crippen LogP contribution is -2.25. The van der Waals surface area contributed by atoms with Gasteiger partial charge in [-0.2, -0.15) is 13.2 Å². The number of hydrogen-bond donors (Lipinski definition) is 2. The van der Waals surface area contributed by atoms with Gasteiger partial charge in [-0.05, 0) is 30.3 Å². The number of pyridine rings is 1. The Balaban J connectivity index is 1.90. The second-order valence-electron chi connectivity index (χ2n) is 6.32. The first kappa shape index (κ1) is 19.3. The maximum Gasteiger partial charge on any atom is 0.416 e. The quantitative estimate of drug-likeness (QED) is 0.628. The molecule has 2 amide bonds. The van der Waals surface area contributed by atoms with Crippen LogP contribution in [0.15, 0.2) is 51.9 Å². The standard InChI is InChI=1S/C19H12F3N3O5/c20-19(21,22)9-3-4-13(30-8-10-2-1-5-29-10)12(6-9)25-14(26)7-11-15(16(25)23)18(28)24-17(11)27/h1-7H,8,23H2,(H,24,27,28). The van der Waals surface area contributed by atoms with E-state index in [4.69, 9.17) is 14.9 Å². The van der Waals surface area contributed by atoms with Gasteiger partial charge >= 0.3 is 6.18 Å². The summed E-state index contributed by atoms with van der Waals surface area (Å²) in [6.07, 6.45) is -3.32. The molecule has 0 saturated heterocycles. The monoisotopic (exact) mass is 419 g/mol. The lowest BCUT2D eigenvalue weighted by Gasteiger charge is -2.18. The number of nitrogens with zero attached hydrogens (tertiary/aromatic N) is 1. The van der Waals surface area contributed by atoms with Gasteiger partial charge in [0.05, 0.1) is 28.6 Å². The highest BCUT2D eigenvalue weighted by Gasteiger charge is 2.34. The van der Waals surface area contributed by atoms with Crippen molar-refractivity contribution in [2.24, 2.45) is 0 Å². The van der Waals surface area contributed by atoms with Gasteiger partial charge in [0.15, 0.2) is 0 Å². The highest BCUT2D eigenvalue weighted by molar-refractivity contribution is 6.23. The molecule has 154 valence electrons. The number of halogens is 3. The fourth-order valence-corrected chi connectivity index (χ4v) is 3.06. The first-order valence-corrected chi connectivity index (χ1v) is 8.45. The number of nitrogen functional groups attached to an aromatic ring is 1. The van der Waals surface area contributed by atoms with Crippen molar-refractivity contribution in [2.45, 2.75) is 12.8 Å². The van der Waals surface area contributed by atoms with Gasteiger partial charge in [0.1, 0.15) is 23.9 Å². The third-order valence-corrected chi connectivity index (χ3v) is 4.43. The molecule has 0 aliphatic carbocycles. The van der Waals surface area contributed by atoms with E-state index >= 15 is 0 Å². The van der Waals surface area contributed by atoms with Crippen LogP contribution in [-0.4, -0.2) is 16.4 Å². The number of benzene rings is 1. The summed E-state index contributed by atoms with van der Waals surface area (Å²) in [7, 11) is 0. The summed E-state index contributed by atoms with van der Waals surface area (Å²) in [6.45, 7) is -0.135. The van der Waals surface area contributed by atoms with Crippen molar-refractivity contribution in [3.8, 4) is 11.4 Å². The number of nitrogens with two attached hydrogens (primary N) is 1. The first-order chi connectivity index (χ1) is 14.2. The average molecular weight is 419 g/mol. The normalized spacial score (nSPS) is 13.3. The molecule has 0 radical (unpaired) electrons. The second-order valence-corrected chi connectivity index (χ2v) is 6.32. The summed E-state index contributed by atoms with van der Waals surface area (Å²) < 4.78 is 51.2. The number of alkyl halides is 3. The maximum absolute atomic E-state index is 13.3. The van der Waals surface area contributed by atoms with Crippen LogP contribution in [0.25, 0.3) is 5.69 Å². The number of rotatable bonds is 4. The summed E-state index contributed by atoms with van der Waals surface area (Å²) in [5.74, 6) is -1.88. The van der Waals surface area contributed by atoms with Crippen LogP contribution in [0.4, 0.5) is 19.0 Å². The van der Waals surface area contributed by atoms with Crippen molar-refractivity contribution in [3.05, 3.63) is 75.5 Å². The van der Waals surface area contributed by atoms with E-state index in [9.17, 15) is 27.6 Å². The Morgan fingerprint density at radius 3 is 2.53 bits per heavy atom. The molecule has 1 aromatic carbocycles. The minimum Gasteiger partial charge on any atom is -0.483 e. The molecule has 4 rings (SSSR count). The van der Waals surface area contributed by atoms with Crippen LogP contribution in [0.2, 0.25) is 0 Å². The Bertz CT molecular complexity index is 1230. The molecule has 3 aromatic rings. The number of nitrogens with one attached hydrogen (secondary N) is 1. The number of ether oxygens (including phenoxy) is 1. The number of hydrogen-bond acceptors (Lipinski definition) is 6. The molecule has 0 saturated carbocycles. The molecule has 3 N–H and O–H groups in total. The van der Waals surface area contributed by atoms with Crippen LogP contribution >= 0.6 is 0 Å². The predicted molar refractivity (Wildman–Crippen MR) is 96.3 cm³/mol. The minimum atomic E-state index is -4.71.